The van der Waals surface area contributed by atoms with Crippen molar-refractivity contribution in [2.24, 2.45) is 0 Å². The molecule has 0 aliphatic rings. The number of rotatable bonds is 5. The highest BCUT2D eigenvalue weighted by Crippen LogP contribution is 2.23. The Morgan fingerprint density at radius 3 is 2.26 bits per heavy atom. The number of carbonyl (C=O) groups excluding carboxylic acids is 1. The van der Waals surface area contributed by atoms with E-state index in [1.807, 2.05) is 26.0 Å². The minimum Gasteiger partial charge on any atom is -0.439 e. The monoisotopic (exact) mass is 413 g/mol. The van der Waals surface area contributed by atoms with E-state index in [0.29, 0.717) is 28.6 Å². The quantitative estimate of drug-likeness (QED) is 0.439. The lowest BCUT2D eigenvalue weighted by Crippen LogP contribution is -2.12. The number of ether oxygens (including phenoxy) is 1. The van der Waals surface area contributed by atoms with E-state index >= 15 is 0 Å². The highest BCUT2D eigenvalue weighted by molar-refractivity contribution is 6.04. The van der Waals surface area contributed by atoms with Gasteiger partial charge in [0, 0.05) is 29.1 Å². The maximum atomic E-state index is 13.1. The van der Waals surface area contributed by atoms with E-state index in [1.165, 1.54) is 12.1 Å². The standard InChI is InChI=1S/C25H20FN3O2/c1-16-13-17(2)15-21(14-16)28-25(30)19-5-9-22(10-6-19)31-23-11-12-27-24(29-23)18-3-7-20(26)8-4-18/h3-15H,1-2H3,(H,28,30). The molecule has 1 N–H and O–H groups in total. The minimum absolute atomic E-state index is 0.197. The number of aryl methyl sites for hydroxylation is 2. The van der Waals surface area contributed by atoms with Gasteiger partial charge in [-0.05, 0) is 85.6 Å². The van der Waals surface area contributed by atoms with Crippen LogP contribution < -0.4 is 10.1 Å². The van der Waals surface area contributed by atoms with E-state index in [4.69, 9.17) is 4.74 Å². The number of anilines is 1. The van der Waals surface area contributed by atoms with E-state index in [9.17, 15) is 9.18 Å². The molecule has 0 spiro atoms. The zero-order valence-corrected chi connectivity index (χ0v) is 17.1. The Morgan fingerprint density at radius 2 is 1.58 bits per heavy atom. The number of hydrogen-bond donors (Lipinski definition) is 1. The van der Waals surface area contributed by atoms with Crippen LogP contribution in [0.1, 0.15) is 21.5 Å². The molecule has 0 atom stereocenters. The molecule has 31 heavy (non-hydrogen) atoms. The van der Waals surface area contributed by atoms with Crippen LogP contribution in [0.3, 0.4) is 0 Å². The Morgan fingerprint density at radius 1 is 0.903 bits per heavy atom. The molecule has 154 valence electrons. The zero-order chi connectivity index (χ0) is 21.8. The highest BCUT2D eigenvalue weighted by Gasteiger charge is 2.09. The van der Waals surface area contributed by atoms with E-state index in [1.54, 1.807) is 48.7 Å². The van der Waals surface area contributed by atoms with Crippen molar-refractivity contribution >= 4 is 11.6 Å². The molecule has 0 saturated heterocycles. The lowest BCUT2D eigenvalue weighted by atomic mass is 10.1. The third-order valence-corrected chi connectivity index (χ3v) is 4.55. The number of benzene rings is 3. The highest BCUT2D eigenvalue weighted by atomic mass is 19.1. The van der Waals surface area contributed by atoms with E-state index in [-0.39, 0.29) is 11.7 Å². The summed E-state index contributed by atoms with van der Waals surface area (Å²) >= 11 is 0. The number of carbonyl (C=O) groups is 1. The van der Waals surface area contributed by atoms with Gasteiger partial charge in [-0.25, -0.2) is 9.37 Å². The molecule has 0 unspecified atom stereocenters. The van der Waals surface area contributed by atoms with Gasteiger partial charge in [0.15, 0.2) is 5.82 Å². The first kappa shape index (κ1) is 20.2. The van der Waals surface area contributed by atoms with Gasteiger partial charge >= 0.3 is 0 Å². The van der Waals surface area contributed by atoms with Gasteiger partial charge in [0.1, 0.15) is 11.6 Å². The average Bonchev–Trinajstić information content (AvgIpc) is 2.74. The maximum Gasteiger partial charge on any atom is 0.255 e. The van der Waals surface area contributed by atoms with Gasteiger partial charge in [0.05, 0.1) is 0 Å². The van der Waals surface area contributed by atoms with Crippen LogP contribution in [-0.4, -0.2) is 15.9 Å². The van der Waals surface area contributed by atoms with Crippen LogP contribution in [0.4, 0.5) is 10.1 Å². The van der Waals surface area contributed by atoms with Gasteiger partial charge in [0.2, 0.25) is 5.88 Å². The van der Waals surface area contributed by atoms with Crippen LogP contribution >= 0.6 is 0 Å². The minimum atomic E-state index is -0.321. The third kappa shape index (κ3) is 5.11. The van der Waals surface area contributed by atoms with Gasteiger partial charge in [-0.1, -0.05) is 6.07 Å². The fourth-order valence-electron chi connectivity index (χ4n) is 3.18. The fourth-order valence-corrected chi connectivity index (χ4v) is 3.18. The summed E-state index contributed by atoms with van der Waals surface area (Å²) in [7, 11) is 0. The summed E-state index contributed by atoms with van der Waals surface area (Å²) in [4.78, 5) is 21.1. The number of aromatic nitrogens is 2. The summed E-state index contributed by atoms with van der Waals surface area (Å²) in [6, 6.07) is 20.3. The Kier molecular flexibility index (Phi) is 5.71. The molecule has 4 aromatic rings. The SMILES string of the molecule is Cc1cc(C)cc(NC(=O)c2ccc(Oc3ccnc(-c4ccc(F)cc4)n3)cc2)c1. The smallest absolute Gasteiger partial charge is 0.255 e. The number of halogens is 1. The molecule has 6 heteroatoms. The van der Waals surface area contributed by atoms with Crippen LogP contribution in [0.25, 0.3) is 11.4 Å². The lowest BCUT2D eigenvalue weighted by molar-refractivity contribution is 0.102. The predicted molar refractivity (Wildman–Crippen MR) is 118 cm³/mol. The van der Waals surface area contributed by atoms with Crippen molar-refractivity contribution < 1.29 is 13.9 Å². The second-order valence-corrected chi connectivity index (χ2v) is 7.18. The van der Waals surface area contributed by atoms with Gasteiger partial charge < -0.3 is 10.1 Å². The van der Waals surface area contributed by atoms with Crippen molar-refractivity contribution in [3.05, 3.63) is 102 Å². The molecule has 0 aliphatic heterocycles. The molecule has 0 aliphatic carbocycles. The number of hydrogen-bond acceptors (Lipinski definition) is 4. The predicted octanol–water partition coefficient (Wildman–Crippen LogP) is 5.94. The number of nitrogens with one attached hydrogen (secondary N) is 1. The van der Waals surface area contributed by atoms with E-state index < -0.39 is 0 Å². The Balaban J connectivity index is 1.45. The molecule has 0 fully saturated rings. The summed E-state index contributed by atoms with van der Waals surface area (Å²) in [6.07, 6.45) is 1.58. The second kappa shape index (κ2) is 8.75. The molecule has 3 aromatic carbocycles. The van der Waals surface area contributed by atoms with Gasteiger partial charge in [-0.3, -0.25) is 4.79 Å². The van der Waals surface area contributed by atoms with Crippen LogP contribution in [-0.2, 0) is 0 Å². The first-order chi connectivity index (χ1) is 15.0. The van der Waals surface area contributed by atoms with Crippen LogP contribution in [0.2, 0.25) is 0 Å². The van der Waals surface area contributed by atoms with Crippen molar-refractivity contribution in [2.75, 3.05) is 5.32 Å². The Hall–Kier alpha value is -4.06. The summed E-state index contributed by atoms with van der Waals surface area (Å²) in [5, 5.41) is 2.91. The normalized spacial score (nSPS) is 10.5. The van der Waals surface area contributed by atoms with E-state index in [2.05, 4.69) is 21.4 Å². The molecule has 0 radical (unpaired) electrons. The van der Waals surface area contributed by atoms with Crippen molar-refractivity contribution in [3.63, 3.8) is 0 Å². The third-order valence-electron chi connectivity index (χ3n) is 4.55. The molecule has 1 aromatic heterocycles. The molecule has 1 amide bonds. The van der Waals surface area contributed by atoms with Crippen molar-refractivity contribution in [3.8, 4) is 23.0 Å². The Bertz CT molecular complexity index is 1200. The first-order valence-electron chi connectivity index (χ1n) is 9.73. The summed E-state index contributed by atoms with van der Waals surface area (Å²) < 4.78 is 18.9. The summed E-state index contributed by atoms with van der Waals surface area (Å²) in [5.41, 5.74) is 4.14. The van der Waals surface area contributed by atoms with Crippen LogP contribution in [0.15, 0.2) is 79.0 Å². The molecular formula is C25H20FN3O2. The number of nitrogens with zero attached hydrogens (tertiary/aromatic N) is 2. The second-order valence-electron chi connectivity index (χ2n) is 7.18. The van der Waals surface area contributed by atoms with Crippen molar-refractivity contribution in [1.82, 2.24) is 9.97 Å². The molecule has 0 bridgehead atoms. The van der Waals surface area contributed by atoms with Gasteiger partial charge in [0.25, 0.3) is 5.91 Å². The number of amides is 1. The van der Waals surface area contributed by atoms with Gasteiger partial charge in [-0.15, -0.1) is 0 Å². The Labute approximate surface area is 179 Å². The molecule has 4 rings (SSSR count). The molecule has 1 heterocycles. The summed E-state index contributed by atoms with van der Waals surface area (Å²) in [5.74, 6) is 0.797. The summed E-state index contributed by atoms with van der Waals surface area (Å²) in [6.45, 7) is 3.98. The van der Waals surface area contributed by atoms with Crippen molar-refractivity contribution in [2.45, 2.75) is 13.8 Å². The van der Waals surface area contributed by atoms with Crippen molar-refractivity contribution in [1.29, 1.82) is 0 Å². The fraction of sp³-hybridized carbons (Fsp3) is 0.0800. The molecular weight excluding hydrogens is 393 g/mol. The topological polar surface area (TPSA) is 64.1 Å². The zero-order valence-electron chi connectivity index (χ0n) is 17.1. The van der Waals surface area contributed by atoms with Crippen LogP contribution in [0, 0.1) is 19.7 Å². The lowest BCUT2D eigenvalue weighted by Gasteiger charge is -2.09. The molecule has 0 saturated carbocycles. The van der Waals surface area contributed by atoms with E-state index in [0.717, 1.165) is 16.8 Å². The van der Waals surface area contributed by atoms with Crippen LogP contribution in [0.5, 0.6) is 11.6 Å². The average molecular weight is 413 g/mol. The first-order valence-corrected chi connectivity index (χ1v) is 9.73. The molecule has 5 nitrogen and oxygen atoms in total. The van der Waals surface area contributed by atoms with Gasteiger partial charge in [-0.2, -0.15) is 4.98 Å². The maximum absolute atomic E-state index is 13.1. The largest absolute Gasteiger partial charge is 0.439 e.